The van der Waals surface area contributed by atoms with Crippen LogP contribution in [0.4, 0.5) is 0 Å². The molecule has 2 heterocycles. The Hall–Kier alpha value is -8.73. The van der Waals surface area contributed by atoms with Crippen molar-refractivity contribution in [1.82, 2.24) is 15.0 Å². The van der Waals surface area contributed by atoms with Crippen LogP contribution in [0, 0.1) is 0 Å². The Morgan fingerprint density at radius 1 is 0.246 bits per heavy atom. The molecule has 0 saturated carbocycles. The molecule has 0 amide bonds. The van der Waals surface area contributed by atoms with Crippen LogP contribution in [0.15, 0.2) is 229 Å². The van der Waals surface area contributed by atoms with Crippen LogP contribution < -0.4 is 0 Å². The van der Waals surface area contributed by atoms with Crippen LogP contribution in [0.3, 0.4) is 0 Å². The summed E-state index contributed by atoms with van der Waals surface area (Å²) in [4.78, 5) is 15.5. The molecule has 0 aliphatic heterocycles. The lowest BCUT2D eigenvalue weighted by atomic mass is 9.89. The molecule has 2 aromatic heterocycles. The molecule has 4 heteroatoms. The summed E-state index contributed by atoms with van der Waals surface area (Å²) >= 11 is 0. The Balaban J connectivity index is 1.00. The fourth-order valence-corrected chi connectivity index (χ4v) is 9.84. The predicted molar refractivity (Wildman–Crippen MR) is 270 cm³/mol. The highest BCUT2D eigenvalue weighted by molar-refractivity contribution is 6.24. The fourth-order valence-electron chi connectivity index (χ4n) is 9.84. The monoisotopic (exact) mass is 827 g/mol. The van der Waals surface area contributed by atoms with Crippen LogP contribution in [0.25, 0.3) is 133 Å². The van der Waals surface area contributed by atoms with Crippen LogP contribution in [0.5, 0.6) is 0 Å². The Morgan fingerprint density at radius 2 is 0.800 bits per heavy atom. The first-order valence-electron chi connectivity index (χ1n) is 22.0. The third-order valence-corrected chi connectivity index (χ3v) is 12.9. The summed E-state index contributed by atoms with van der Waals surface area (Å²) in [5, 5.41) is 11.6. The Kier molecular flexibility index (Phi) is 8.50. The van der Waals surface area contributed by atoms with Crippen molar-refractivity contribution >= 4 is 65.0 Å². The Morgan fingerprint density at radius 3 is 1.57 bits per heavy atom. The third kappa shape index (κ3) is 6.18. The van der Waals surface area contributed by atoms with Crippen LogP contribution in [-0.2, 0) is 0 Å². The van der Waals surface area contributed by atoms with Crippen LogP contribution in [-0.4, -0.2) is 15.0 Å². The second-order valence-corrected chi connectivity index (χ2v) is 16.7. The van der Waals surface area contributed by atoms with Gasteiger partial charge in [0, 0.05) is 27.5 Å². The second kappa shape index (κ2) is 15.0. The van der Waals surface area contributed by atoms with E-state index in [0.29, 0.717) is 17.5 Å². The Bertz CT molecular complexity index is 3980. The minimum absolute atomic E-state index is 0.623. The predicted octanol–water partition coefficient (Wildman–Crippen LogP) is 16.4. The number of rotatable bonds is 6. The van der Waals surface area contributed by atoms with Gasteiger partial charge in [-0.1, -0.05) is 200 Å². The molecule has 0 aliphatic rings. The lowest BCUT2D eigenvalue weighted by Crippen LogP contribution is -2.01. The van der Waals surface area contributed by atoms with Gasteiger partial charge in [0.2, 0.25) is 0 Å². The maximum absolute atomic E-state index is 6.76. The van der Waals surface area contributed by atoms with E-state index in [-0.39, 0.29) is 0 Å². The van der Waals surface area contributed by atoms with Crippen molar-refractivity contribution < 1.29 is 4.42 Å². The molecule has 13 rings (SSSR count). The van der Waals surface area contributed by atoms with Crippen molar-refractivity contribution in [1.29, 1.82) is 0 Å². The van der Waals surface area contributed by atoms with Crippen LogP contribution in [0.2, 0.25) is 0 Å². The van der Waals surface area contributed by atoms with Gasteiger partial charge >= 0.3 is 0 Å². The lowest BCUT2D eigenvalue weighted by molar-refractivity contribution is 0.669. The quantitative estimate of drug-likeness (QED) is 0.157. The number of furan rings is 1. The molecule has 0 saturated heterocycles. The molecule has 0 spiro atoms. The highest BCUT2D eigenvalue weighted by Crippen LogP contribution is 2.45. The molecule has 11 aromatic carbocycles. The minimum atomic E-state index is 0.623. The Labute approximate surface area is 374 Å². The fraction of sp³-hybridized carbons (Fsp3) is 0. The molecule has 65 heavy (non-hydrogen) atoms. The summed E-state index contributed by atoms with van der Waals surface area (Å²) < 4.78 is 6.76. The molecule has 0 radical (unpaired) electrons. The van der Waals surface area contributed by atoms with Gasteiger partial charge in [-0.25, -0.2) is 15.0 Å². The summed E-state index contributed by atoms with van der Waals surface area (Å²) in [5.41, 5.74) is 11.4. The van der Waals surface area contributed by atoms with Gasteiger partial charge in [0.05, 0.1) is 0 Å². The van der Waals surface area contributed by atoms with E-state index in [9.17, 15) is 0 Å². The SMILES string of the molecule is c1ccc(-c2ccc(-c3nc(-c4ccccc4)nc(-c4ccc(-c5ccc6oc7cc(-c8cccc9ccccc89)c8ccccc8c7c6c5)c5c4ccc4ccccc45)n3)cc2)cc1. The average Bonchev–Trinajstić information content (AvgIpc) is 3.76. The zero-order valence-corrected chi connectivity index (χ0v) is 35.1. The van der Waals surface area contributed by atoms with Gasteiger partial charge in [-0.15, -0.1) is 0 Å². The van der Waals surface area contributed by atoms with Gasteiger partial charge in [0.15, 0.2) is 17.5 Å². The zero-order chi connectivity index (χ0) is 42.8. The number of hydrogen-bond donors (Lipinski definition) is 0. The van der Waals surface area contributed by atoms with E-state index in [1.807, 2.05) is 24.3 Å². The first-order valence-corrected chi connectivity index (χ1v) is 22.0. The highest BCUT2D eigenvalue weighted by Gasteiger charge is 2.20. The molecule has 13 aromatic rings. The maximum atomic E-state index is 6.76. The van der Waals surface area contributed by atoms with Gasteiger partial charge in [-0.2, -0.15) is 0 Å². The van der Waals surface area contributed by atoms with E-state index in [4.69, 9.17) is 19.4 Å². The van der Waals surface area contributed by atoms with Crippen LogP contribution >= 0.6 is 0 Å². The van der Waals surface area contributed by atoms with E-state index in [2.05, 4.69) is 200 Å². The second-order valence-electron chi connectivity index (χ2n) is 16.7. The summed E-state index contributed by atoms with van der Waals surface area (Å²) in [7, 11) is 0. The van der Waals surface area contributed by atoms with Crippen molar-refractivity contribution in [3.8, 4) is 67.5 Å². The molecule has 0 aliphatic carbocycles. The normalized spacial score (nSPS) is 11.7. The van der Waals surface area contributed by atoms with Crippen molar-refractivity contribution in [2.24, 2.45) is 0 Å². The van der Waals surface area contributed by atoms with Crippen molar-refractivity contribution in [3.63, 3.8) is 0 Å². The summed E-state index contributed by atoms with van der Waals surface area (Å²) in [5.74, 6) is 1.88. The molecule has 0 fully saturated rings. The standard InChI is InChI=1S/C61H37N3O/c1-3-14-38(15-4-1)39-26-28-43(29-27-39)60-62-59(42-18-5-2-6-19-42)63-61(64-60)52-34-33-47(57-46-22-10-8-17-41(46)30-32-51(52)57)44-31-35-55-54(36-44)58-50-24-12-11-23-49(50)53(37-56(58)65-55)48-25-13-20-40-16-7-9-21-45(40)48/h1-37H. The maximum Gasteiger partial charge on any atom is 0.164 e. The first-order chi connectivity index (χ1) is 32.2. The smallest absolute Gasteiger partial charge is 0.164 e. The number of hydrogen-bond acceptors (Lipinski definition) is 4. The zero-order valence-electron chi connectivity index (χ0n) is 35.1. The summed E-state index contributed by atoms with van der Waals surface area (Å²) in [6.45, 7) is 0. The third-order valence-electron chi connectivity index (χ3n) is 12.9. The van der Waals surface area contributed by atoms with E-state index in [1.54, 1.807) is 0 Å². The van der Waals surface area contributed by atoms with Gasteiger partial charge in [-0.05, 0) is 101 Å². The number of aromatic nitrogens is 3. The van der Waals surface area contributed by atoms with Crippen molar-refractivity contribution in [3.05, 3.63) is 224 Å². The van der Waals surface area contributed by atoms with Gasteiger partial charge < -0.3 is 4.42 Å². The number of benzene rings is 11. The van der Waals surface area contributed by atoms with E-state index >= 15 is 0 Å². The highest BCUT2D eigenvalue weighted by atomic mass is 16.3. The molecular formula is C61H37N3O. The molecule has 4 nitrogen and oxygen atoms in total. The molecule has 0 atom stereocenters. The molecule has 302 valence electrons. The topological polar surface area (TPSA) is 51.8 Å². The largest absolute Gasteiger partial charge is 0.456 e. The van der Waals surface area contributed by atoms with E-state index in [0.717, 1.165) is 66.1 Å². The average molecular weight is 828 g/mol. The molecule has 0 N–H and O–H groups in total. The van der Waals surface area contributed by atoms with Crippen molar-refractivity contribution in [2.75, 3.05) is 0 Å². The molecular weight excluding hydrogens is 791 g/mol. The van der Waals surface area contributed by atoms with Gasteiger partial charge in [-0.3, -0.25) is 0 Å². The van der Waals surface area contributed by atoms with E-state index in [1.165, 1.54) is 49.0 Å². The lowest BCUT2D eigenvalue weighted by Gasteiger charge is -2.15. The molecule has 0 bridgehead atoms. The molecule has 0 unspecified atom stereocenters. The minimum Gasteiger partial charge on any atom is -0.456 e. The van der Waals surface area contributed by atoms with Gasteiger partial charge in [0.25, 0.3) is 0 Å². The first kappa shape index (κ1) is 36.9. The number of nitrogens with zero attached hydrogens (tertiary/aromatic N) is 3. The summed E-state index contributed by atoms with van der Waals surface area (Å²) in [6, 6.07) is 79.3. The number of fused-ring (bicyclic) bond motifs is 9. The van der Waals surface area contributed by atoms with E-state index < -0.39 is 0 Å². The van der Waals surface area contributed by atoms with Crippen LogP contribution in [0.1, 0.15) is 0 Å². The van der Waals surface area contributed by atoms with Gasteiger partial charge in [0.1, 0.15) is 11.2 Å². The van der Waals surface area contributed by atoms with Crippen molar-refractivity contribution in [2.45, 2.75) is 0 Å². The summed E-state index contributed by atoms with van der Waals surface area (Å²) in [6.07, 6.45) is 0.